The molecule has 0 aliphatic rings. The Kier molecular flexibility index (Phi) is 4.00. The number of hydrogen-bond acceptors (Lipinski definition) is 2. The van der Waals surface area contributed by atoms with E-state index in [0.717, 1.165) is 12.1 Å². The summed E-state index contributed by atoms with van der Waals surface area (Å²) in [6, 6.07) is 11.5. The molecule has 1 aromatic heterocycles. The Bertz CT molecular complexity index is 813. The van der Waals surface area contributed by atoms with Gasteiger partial charge in [-0.05, 0) is 30.3 Å². The van der Waals surface area contributed by atoms with Crippen LogP contribution in [0.2, 0.25) is 5.02 Å². The van der Waals surface area contributed by atoms with Gasteiger partial charge >= 0.3 is 6.18 Å². The van der Waals surface area contributed by atoms with Crippen molar-refractivity contribution in [1.29, 1.82) is 0 Å². The van der Waals surface area contributed by atoms with E-state index in [2.05, 4.69) is 10.2 Å². The molecule has 23 heavy (non-hydrogen) atoms. The molecule has 0 amide bonds. The van der Waals surface area contributed by atoms with Crippen LogP contribution in [-0.4, -0.2) is 10.2 Å². The first-order valence-electron chi connectivity index (χ1n) is 6.58. The highest BCUT2D eigenvalue weighted by atomic mass is 35.5. The molecule has 0 saturated carbocycles. The highest BCUT2D eigenvalue weighted by Gasteiger charge is 2.30. The van der Waals surface area contributed by atoms with Gasteiger partial charge in [0.2, 0.25) is 0 Å². The molecule has 1 N–H and O–H groups in total. The summed E-state index contributed by atoms with van der Waals surface area (Å²) in [7, 11) is 0. The number of alkyl halides is 3. The quantitative estimate of drug-likeness (QED) is 0.680. The standard InChI is InChI=1S/C16H10ClF3N2O/c17-13-4-2-1-3-12(13)15-14(9-21-22-15)23-11-7-5-10(6-8-11)16(18,19)20/h1-9H,(H,21,22). The number of nitrogens with one attached hydrogen (secondary N) is 1. The molecule has 3 aromatic rings. The molecule has 0 fully saturated rings. The predicted molar refractivity (Wildman–Crippen MR) is 80.6 cm³/mol. The molecule has 0 unspecified atom stereocenters. The summed E-state index contributed by atoms with van der Waals surface area (Å²) in [5, 5.41) is 7.19. The maximum absolute atomic E-state index is 12.6. The molecule has 0 saturated heterocycles. The summed E-state index contributed by atoms with van der Waals surface area (Å²) in [5.74, 6) is 0.644. The number of rotatable bonds is 3. The number of hydrogen-bond donors (Lipinski definition) is 1. The van der Waals surface area contributed by atoms with Crippen LogP contribution in [-0.2, 0) is 6.18 Å². The van der Waals surface area contributed by atoms with Crippen molar-refractivity contribution in [1.82, 2.24) is 10.2 Å². The molecule has 0 radical (unpaired) electrons. The third-order valence-electron chi connectivity index (χ3n) is 3.16. The summed E-state index contributed by atoms with van der Waals surface area (Å²) in [4.78, 5) is 0. The van der Waals surface area contributed by atoms with Crippen molar-refractivity contribution in [2.24, 2.45) is 0 Å². The van der Waals surface area contributed by atoms with Gasteiger partial charge in [0.1, 0.15) is 11.4 Å². The fraction of sp³-hybridized carbons (Fsp3) is 0.0625. The lowest BCUT2D eigenvalue weighted by Gasteiger charge is -2.09. The average molecular weight is 339 g/mol. The molecule has 3 nitrogen and oxygen atoms in total. The fourth-order valence-electron chi connectivity index (χ4n) is 2.05. The smallest absolute Gasteiger partial charge is 0.416 e. The number of benzene rings is 2. The van der Waals surface area contributed by atoms with Crippen molar-refractivity contribution in [2.45, 2.75) is 6.18 Å². The van der Waals surface area contributed by atoms with Gasteiger partial charge in [0, 0.05) is 5.56 Å². The van der Waals surface area contributed by atoms with Gasteiger partial charge in [0.15, 0.2) is 5.75 Å². The van der Waals surface area contributed by atoms with Crippen molar-refractivity contribution in [2.75, 3.05) is 0 Å². The highest BCUT2D eigenvalue weighted by molar-refractivity contribution is 6.33. The minimum absolute atomic E-state index is 0.271. The van der Waals surface area contributed by atoms with E-state index in [0.29, 0.717) is 22.0 Å². The normalized spacial score (nSPS) is 11.5. The Hall–Kier alpha value is -2.47. The van der Waals surface area contributed by atoms with Crippen LogP contribution in [0.25, 0.3) is 11.3 Å². The Morgan fingerprint density at radius 1 is 1.00 bits per heavy atom. The Morgan fingerprint density at radius 2 is 1.70 bits per heavy atom. The van der Waals surface area contributed by atoms with Gasteiger partial charge in [-0.3, -0.25) is 5.10 Å². The van der Waals surface area contributed by atoms with E-state index < -0.39 is 11.7 Å². The lowest BCUT2D eigenvalue weighted by Crippen LogP contribution is -2.03. The lowest BCUT2D eigenvalue weighted by atomic mass is 10.1. The van der Waals surface area contributed by atoms with Crippen LogP contribution in [0.5, 0.6) is 11.5 Å². The molecule has 3 rings (SSSR count). The Morgan fingerprint density at radius 3 is 2.35 bits per heavy atom. The molecule has 0 bridgehead atoms. The molecule has 0 aliphatic carbocycles. The first-order chi connectivity index (χ1) is 10.9. The second kappa shape index (κ2) is 5.96. The zero-order valence-electron chi connectivity index (χ0n) is 11.6. The number of H-pyrrole nitrogens is 1. The second-order valence-electron chi connectivity index (χ2n) is 4.71. The summed E-state index contributed by atoms with van der Waals surface area (Å²) in [6.07, 6.45) is -2.94. The second-order valence-corrected chi connectivity index (χ2v) is 5.12. The van der Waals surface area contributed by atoms with E-state index in [1.807, 2.05) is 6.07 Å². The summed E-state index contributed by atoms with van der Waals surface area (Å²) < 4.78 is 43.3. The van der Waals surface area contributed by atoms with Crippen LogP contribution in [0.3, 0.4) is 0 Å². The summed E-state index contributed by atoms with van der Waals surface area (Å²) in [6.45, 7) is 0. The topological polar surface area (TPSA) is 37.9 Å². The number of nitrogens with zero attached hydrogens (tertiary/aromatic N) is 1. The van der Waals surface area contributed by atoms with Crippen LogP contribution >= 0.6 is 11.6 Å². The van der Waals surface area contributed by atoms with E-state index >= 15 is 0 Å². The Balaban J connectivity index is 1.88. The van der Waals surface area contributed by atoms with E-state index in [9.17, 15) is 13.2 Å². The van der Waals surface area contributed by atoms with E-state index in [-0.39, 0.29) is 5.75 Å². The van der Waals surface area contributed by atoms with Gasteiger partial charge in [-0.1, -0.05) is 29.8 Å². The van der Waals surface area contributed by atoms with E-state index in [1.165, 1.54) is 18.3 Å². The molecule has 118 valence electrons. The maximum atomic E-state index is 12.6. The molecule has 0 spiro atoms. The van der Waals surface area contributed by atoms with Gasteiger partial charge in [-0.2, -0.15) is 18.3 Å². The minimum atomic E-state index is -4.38. The number of aromatic amines is 1. The van der Waals surface area contributed by atoms with Crippen LogP contribution in [0.1, 0.15) is 5.56 Å². The zero-order valence-corrected chi connectivity index (χ0v) is 12.3. The monoisotopic (exact) mass is 338 g/mol. The third kappa shape index (κ3) is 3.32. The van der Waals surface area contributed by atoms with Crippen molar-refractivity contribution in [3.63, 3.8) is 0 Å². The largest absolute Gasteiger partial charge is 0.453 e. The van der Waals surface area contributed by atoms with Crippen LogP contribution < -0.4 is 4.74 Å². The van der Waals surface area contributed by atoms with Gasteiger partial charge in [0.25, 0.3) is 0 Å². The maximum Gasteiger partial charge on any atom is 0.416 e. The SMILES string of the molecule is FC(F)(F)c1ccc(Oc2cn[nH]c2-c2ccccc2Cl)cc1. The summed E-state index contributed by atoms with van der Waals surface area (Å²) >= 11 is 6.13. The third-order valence-corrected chi connectivity index (χ3v) is 3.49. The molecule has 1 heterocycles. The van der Waals surface area contributed by atoms with Crippen molar-refractivity contribution < 1.29 is 17.9 Å². The van der Waals surface area contributed by atoms with Crippen molar-refractivity contribution >= 4 is 11.6 Å². The van der Waals surface area contributed by atoms with E-state index in [1.54, 1.807) is 18.2 Å². The van der Waals surface area contributed by atoms with E-state index in [4.69, 9.17) is 16.3 Å². The molecule has 2 aromatic carbocycles. The lowest BCUT2D eigenvalue weighted by molar-refractivity contribution is -0.137. The number of halogens is 4. The molecule has 7 heteroatoms. The molecular weight excluding hydrogens is 329 g/mol. The van der Waals surface area contributed by atoms with Crippen LogP contribution in [0.4, 0.5) is 13.2 Å². The summed E-state index contributed by atoms with van der Waals surface area (Å²) in [5.41, 5.74) is 0.507. The average Bonchev–Trinajstić information content (AvgIpc) is 2.95. The first-order valence-corrected chi connectivity index (χ1v) is 6.96. The number of aromatic nitrogens is 2. The molecule has 0 atom stereocenters. The van der Waals surface area contributed by atoms with Gasteiger partial charge in [-0.15, -0.1) is 0 Å². The predicted octanol–water partition coefficient (Wildman–Crippen LogP) is 5.54. The van der Waals surface area contributed by atoms with Crippen LogP contribution in [0, 0.1) is 0 Å². The van der Waals surface area contributed by atoms with Gasteiger partial charge in [-0.25, -0.2) is 0 Å². The zero-order chi connectivity index (χ0) is 16.4. The molecule has 0 aliphatic heterocycles. The van der Waals surface area contributed by atoms with Crippen molar-refractivity contribution in [3.8, 4) is 22.8 Å². The minimum Gasteiger partial charge on any atom is -0.453 e. The highest BCUT2D eigenvalue weighted by Crippen LogP contribution is 2.36. The van der Waals surface area contributed by atoms with Gasteiger partial charge in [0.05, 0.1) is 16.8 Å². The molecular formula is C16H10ClF3N2O. The van der Waals surface area contributed by atoms with Crippen molar-refractivity contribution in [3.05, 3.63) is 65.3 Å². The number of ether oxygens (including phenoxy) is 1. The first kappa shape index (κ1) is 15.4. The van der Waals surface area contributed by atoms with Gasteiger partial charge < -0.3 is 4.74 Å². The van der Waals surface area contributed by atoms with Crippen LogP contribution in [0.15, 0.2) is 54.7 Å². The fourth-order valence-corrected chi connectivity index (χ4v) is 2.28. The Labute approximate surface area is 134 Å².